The molecule has 1 aromatic heterocycles. The van der Waals surface area contributed by atoms with Gasteiger partial charge in [-0.05, 0) is 25.2 Å². The predicted molar refractivity (Wildman–Crippen MR) is 70.9 cm³/mol. The Bertz CT molecular complexity index is 450. The molecule has 0 amide bonds. The number of aldehydes is 2. The highest BCUT2D eigenvalue weighted by atomic mass is 16.1. The van der Waals surface area contributed by atoms with E-state index in [0.717, 1.165) is 44.1 Å². The highest BCUT2D eigenvalue weighted by Gasteiger charge is 2.31. The van der Waals surface area contributed by atoms with Crippen molar-refractivity contribution in [1.29, 1.82) is 0 Å². The first-order chi connectivity index (χ1) is 9.17. The Morgan fingerprint density at radius 3 is 2.58 bits per heavy atom. The van der Waals surface area contributed by atoms with E-state index < -0.39 is 5.92 Å². The van der Waals surface area contributed by atoms with Gasteiger partial charge in [-0.15, -0.1) is 10.2 Å². The summed E-state index contributed by atoms with van der Waals surface area (Å²) in [4.78, 5) is 21.8. The first kappa shape index (κ1) is 13.9. The number of aryl methyl sites for hydroxylation is 1. The van der Waals surface area contributed by atoms with Crippen LogP contribution in [0.5, 0.6) is 0 Å². The maximum atomic E-state index is 11.1. The zero-order valence-electron chi connectivity index (χ0n) is 11.6. The molecule has 1 heterocycles. The van der Waals surface area contributed by atoms with Crippen LogP contribution < -0.4 is 0 Å². The molecule has 1 aliphatic rings. The fraction of sp³-hybridized carbons (Fsp3) is 0.714. The second-order valence-corrected chi connectivity index (χ2v) is 5.65. The molecule has 19 heavy (non-hydrogen) atoms. The normalized spacial score (nSPS) is 16.6. The van der Waals surface area contributed by atoms with Gasteiger partial charge in [-0.1, -0.05) is 13.8 Å². The van der Waals surface area contributed by atoms with Gasteiger partial charge in [0.2, 0.25) is 0 Å². The molecule has 5 nitrogen and oxygen atoms in total. The molecule has 0 radical (unpaired) electrons. The average Bonchev–Trinajstić information content (AvgIpc) is 3.14. The lowest BCUT2D eigenvalue weighted by atomic mass is 10.1. The summed E-state index contributed by atoms with van der Waals surface area (Å²) in [5.41, 5.74) is 0. The molecule has 1 atom stereocenters. The minimum absolute atomic E-state index is 0.193. The molecule has 0 spiro atoms. The van der Waals surface area contributed by atoms with Gasteiger partial charge in [-0.3, -0.25) is 0 Å². The summed E-state index contributed by atoms with van der Waals surface area (Å²) in [7, 11) is 0. The van der Waals surface area contributed by atoms with E-state index in [1.807, 2.05) is 0 Å². The van der Waals surface area contributed by atoms with Crippen molar-refractivity contribution < 1.29 is 9.59 Å². The number of nitrogens with zero attached hydrogens (tertiary/aromatic N) is 3. The Morgan fingerprint density at radius 2 is 2.05 bits per heavy atom. The standard InChI is InChI=1S/C14H21N3O2/c1-10(2)3-6-13-15-16-14(11(9-19)7-8-18)17(13)12-4-5-12/h8-12H,3-7H2,1-2H3. The van der Waals surface area contributed by atoms with Crippen LogP contribution in [0.25, 0.3) is 0 Å². The van der Waals surface area contributed by atoms with E-state index >= 15 is 0 Å². The Balaban J connectivity index is 2.23. The highest BCUT2D eigenvalue weighted by molar-refractivity contribution is 5.67. The molecule has 0 N–H and O–H groups in total. The lowest BCUT2D eigenvalue weighted by Crippen LogP contribution is -2.12. The lowest BCUT2D eigenvalue weighted by Gasteiger charge is -2.12. The molecule has 2 rings (SSSR count). The smallest absolute Gasteiger partial charge is 0.144 e. The molecule has 0 aliphatic heterocycles. The number of hydrogen-bond acceptors (Lipinski definition) is 4. The molecule has 5 heteroatoms. The van der Waals surface area contributed by atoms with E-state index in [4.69, 9.17) is 0 Å². The van der Waals surface area contributed by atoms with Gasteiger partial charge in [-0.2, -0.15) is 0 Å². The van der Waals surface area contributed by atoms with E-state index in [1.54, 1.807) is 0 Å². The molecule has 1 aliphatic carbocycles. The van der Waals surface area contributed by atoms with E-state index in [9.17, 15) is 9.59 Å². The third kappa shape index (κ3) is 3.28. The molecule has 104 valence electrons. The maximum Gasteiger partial charge on any atom is 0.144 e. The van der Waals surface area contributed by atoms with Gasteiger partial charge in [0.1, 0.15) is 24.2 Å². The van der Waals surface area contributed by atoms with Crippen LogP contribution in [0.15, 0.2) is 0 Å². The summed E-state index contributed by atoms with van der Waals surface area (Å²) in [6.07, 6.45) is 5.96. The summed E-state index contributed by atoms with van der Waals surface area (Å²) >= 11 is 0. The van der Waals surface area contributed by atoms with Gasteiger partial charge in [0.25, 0.3) is 0 Å². The minimum atomic E-state index is -0.446. The van der Waals surface area contributed by atoms with Crippen LogP contribution in [0.1, 0.15) is 63.1 Å². The first-order valence-electron chi connectivity index (χ1n) is 7.00. The topological polar surface area (TPSA) is 64.8 Å². The fourth-order valence-electron chi connectivity index (χ4n) is 2.23. The van der Waals surface area contributed by atoms with Crippen molar-refractivity contribution in [3.63, 3.8) is 0 Å². The van der Waals surface area contributed by atoms with Crippen LogP contribution >= 0.6 is 0 Å². The molecule has 1 unspecified atom stereocenters. The second kappa shape index (κ2) is 6.08. The molecule has 0 bridgehead atoms. The van der Waals surface area contributed by atoms with Crippen molar-refractivity contribution in [2.75, 3.05) is 0 Å². The van der Waals surface area contributed by atoms with Gasteiger partial charge >= 0.3 is 0 Å². The lowest BCUT2D eigenvalue weighted by molar-refractivity contribution is -0.113. The van der Waals surface area contributed by atoms with E-state index in [-0.39, 0.29) is 6.42 Å². The van der Waals surface area contributed by atoms with Gasteiger partial charge in [0.05, 0.1) is 5.92 Å². The number of rotatable bonds is 8. The van der Waals surface area contributed by atoms with Gasteiger partial charge in [0.15, 0.2) is 0 Å². The van der Waals surface area contributed by atoms with Crippen LogP contribution in [-0.2, 0) is 16.0 Å². The Labute approximate surface area is 113 Å². The van der Waals surface area contributed by atoms with Crippen molar-refractivity contribution >= 4 is 12.6 Å². The molecule has 0 saturated heterocycles. The zero-order valence-corrected chi connectivity index (χ0v) is 11.6. The Kier molecular flexibility index (Phi) is 4.45. The highest BCUT2D eigenvalue weighted by Crippen LogP contribution is 2.38. The predicted octanol–water partition coefficient (Wildman–Crippen LogP) is 2.07. The fourth-order valence-corrected chi connectivity index (χ4v) is 2.23. The number of hydrogen-bond donors (Lipinski definition) is 0. The van der Waals surface area contributed by atoms with E-state index in [2.05, 4.69) is 28.6 Å². The minimum Gasteiger partial charge on any atom is -0.311 e. The van der Waals surface area contributed by atoms with Crippen LogP contribution in [0.4, 0.5) is 0 Å². The van der Waals surface area contributed by atoms with Crippen molar-refractivity contribution in [3.05, 3.63) is 11.6 Å². The monoisotopic (exact) mass is 263 g/mol. The molecule has 0 aromatic carbocycles. The third-order valence-electron chi connectivity index (χ3n) is 3.50. The average molecular weight is 263 g/mol. The van der Waals surface area contributed by atoms with Crippen LogP contribution in [-0.4, -0.2) is 27.3 Å². The van der Waals surface area contributed by atoms with Crippen molar-refractivity contribution in [1.82, 2.24) is 14.8 Å². The van der Waals surface area contributed by atoms with Crippen molar-refractivity contribution in [3.8, 4) is 0 Å². The SMILES string of the molecule is CC(C)CCc1nnc(C(C=O)CC=O)n1C1CC1. The summed E-state index contributed by atoms with van der Waals surface area (Å²) in [5, 5.41) is 8.41. The number of aromatic nitrogens is 3. The summed E-state index contributed by atoms with van der Waals surface area (Å²) in [6.45, 7) is 4.36. The molecule has 1 aromatic rings. The number of carbonyl (C=O) groups is 2. The van der Waals surface area contributed by atoms with Gasteiger partial charge in [0, 0.05) is 18.9 Å². The number of carbonyl (C=O) groups excluding carboxylic acids is 2. The van der Waals surface area contributed by atoms with E-state index in [1.165, 1.54) is 0 Å². The van der Waals surface area contributed by atoms with Crippen LogP contribution in [0.2, 0.25) is 0 Å². The largest absolute Gasteiger partial charge is 0.311 e. The molecule has 1 fully saturated rings. The van der Waals surface area contributed by atoms with Crippen LogP contribution in [0.3, 0.4) is 0 Å². The zero-order chi connectivity index (χ0) is 13.8. The Hall–Kier alpha value is -1.52. The van der Waals surface area contributed by atoms with Crippen molar-refractivity contribution in [2.24, 2.45) is 5.92 Å². The molecule has 1 saturated carbocycles. The van der Waals surface area contributed by atoms with Gasteiger partial charge < -0.3 is 14.2 Å². The van der Waals surface area contributed by atoms with Crippen molar-refractivity contribution in [2.45, 2.75) is 57.9 Å². The van der Waals surface area contributed by atoms with E-state index in [0.29, 0.717) is 17.8 Å². The summed E-state index contributed by atoms with van der Waals surface area (Å²) in [5.74, 6) is 1.80. The summed E-state index contributed by atoms with van der Waals surface area (Å²) < 4.78 is 2.10. The second-order valence-electron chi connectivity index (χ2n) is 5.65. The van der Waals surface area contributed by atoms with Crippen LogP contribution in [0, 0.1) is 5.92 Å². The third-order valence-corrected chi connectivity index (χ3v) is 3.50. The maximum absolute atomic E-state index is 11.1. The molecular weight excluding hydrogens is 242 g/mol. The quantitative estimate of drug-likeness (QED) is 0.673. The van der Waals surface area contributed by atoms with Gasteiger partial charge in [-0.25, -0.2) is 0 Å². The Morgan fingerprint density at radius 1 is 1.32 bits per heavy atom. The first-order valence-corrected chi connectivity index (χ1v) is 7.00. The summed E-state index contributed by atoms with van der Waals surface area (Å²) in [6, 6.07) is 0.432. The molecular formula is C14H21N3O2.